The predicted octanol–water partition coefficient (Wildman–Crippen LogP) is 2.32. The summed E-state index contributed by atoms with van der Waals surface area (Å²) in [5.41, 5.74) is 1.54. The number of nitro groups is 1. The molecule has 2 aliphatic heterocycles. The molecular formula is C17H14N2O5. The molecular weight excluding hydrogens is 312 g/mol. The Labute approximate surface area is 137 Å². The Balaban J connectivity index is 1.56. The zero-order valence-corrected chi connectivity index (χ0v) is 12.7. The van der Waals surface area contributed by atoms with Crippen molar-refractivity contribution >= 4 is 17.3 Å². The van der Waals surface area contributed by atoms with E-state index in [0.717, 1.165) is 5.56 Å². The lowest BCUT2D eigenvalue weighted by atomic mass is 10.1. The lowest BCUT2D eigenvalue weighted by molar-refractivity contribution is -0.384. The molecule has 0 aromatic heterocycles. The monoisotopic (exact) mass is 326 g/mol. The van der Waals surface area contributed by atoms with Crippen molar-refractivity contribution in [3.8, 4) is 11.5 Å². The minimum Gasteiger partial charge on any atom is -0.485 e. The fourth-order valence-corrected chi connectivity index (χ4v) is 3.05. The number of rotatable bonds is 2. The zero-order valence-electron chi connectivity index (χ0n) is 12.7. The summed E-state index contributed by atoms with van der Waals surface area (Å²) < 4.78 is 11.4. The van der Waals surface area contributed by atoms with E-state index in [9.17, 15) is 14.9 Å². The molecule has 122 valence electrons. The average Bonchev–Trinajstić information content (AvgIpc) is 3.03. The third-order valence-corrected chi connectivity index (χ3v) is 4.22. The molecule has 2 aliphatic rings. The average molecular weight is 326 g/mol. The number of ether oxygens (including phenoxy) is 2. The van der Waals surface area contributed by atoms with Crippen LogP contribution in [0, 0.1) is 10.1 Å². The van der Waals surface area contributed by atoms with Gasteiger partial charge in [0.15, 0.2) is 11.5 Å². The highest BCUT2D eigenvalue weighted by Gasteiger charge is 2.35. The van der Waals surface area contributed by atoms with Gasteiger partial charge >= 0.3 is 0 Å². The van der Waals surface area contributed by atoms with Gasteiger partial charge in [-0.25, -0.2) is 0 Å². The molecule has 0 aliphatic carbocycles. The van der Waals surface area contributed by atoms with Crippen LogP contribution in [0.15, 0.2) is 42.5 Å². The van der Waals surface area contributed by atoms with Gasteiger partial charge in [0.1, 0.15) is 6.61 Å². The number of anilines is 1. The molecule has 0 bridgehead atoms. The number of nitrogens with zero attached hydrogens (tertiary/aromatic N) is 2. The number of carbonyl (C=O) groups excluding carboxylic acids is 1. The minimum absolute atomic E-state index is 0.0363. The van der Waals surface area contributed by atoms with Gasteiger partial charge in [-0.1, -0.05) is 12.1 Å². The summed E-state index contributed by atoms with van der Waals surface area (Å²) in [4.78, 5) is 24.8. The van der Waals surface area contributed by atoms with E-state index in [4.69, 9.17) is 9.47 Å². The third-order valence-electron chi connectivity index (χ3n) is 4.22. The molecule has 0 spiro atoms. The maximum absolute atomic E-state index is 12.8. The maximum Gasteiger partial charge on any atom is 0.271 e. The molecule has 0 N–H and O–H groups in total. The van der Waals surface area contributed by atoms with Crippen molar-refractivity contribution in [3.05, 3.63) is 58.1 Å². The molecule has 7 nitrogen and oxygen atoms in total. The van der Waals surface area contributed by atoms with Crippen molar-refractivity contribution in [2.75, 3.05) is 18.1 Å². The molecule has 1 amide bonds. The van der Waals surface area contributed by atoms with E-state index >= 15 is 0 Å². The number of benzene rings is 2. The highest BCUT2D eigenvalue weighted by atomic mass is 16.6. The molecule has 1 unspecified atom stereocenters. The number of hydrogen-bond donors (Lipinski definition) is 0. The maximum atomic E-state index is 12.8. The van der Waals surface area contributed by atoms with Crippen LogP contribution in [0.3, 0.4) is 0 Å². The van der Waals surface area contributed by atoms with Gasteiger partial charge in [-0.3, -0.25) is 14.9 Å². The van der Waals surface area contributed by atoms with Crippen molar-refractivity contribution in [3.63, 3.8) is 0 Å². The fourth-order valence-electron chi connectivity index (χ4n) is 3.05. The van der Waals surface area contributed by atoms with E-state index < -0.39 is 11.0 Å². The van der Waals surface area contributed by atoms with Crippen LogP contribution in [-0.4, -0.2) is 30.1 Å². The number of amides is 1. The number of fused-ring (bicyclic) bond motifs is 2. The number of nitro benzene ring substituents is 1. The van der Waals surface area contributed by atoms with Crippen molar-refractivity contribution in [2.24, 2.45) is 0 Å². The quantitative estimate of drug-likeness (QED) is 0.625. The van der Waals surface area contributed by atoms with Crippen molar-refractivity contribution in [1.29, 1.82) is 0 Å². The largest absolute Gasteiger partial charge is 0.485 e. The van der Waals surface area contributed by atoms with Gasteiger partial charge in [0.05, 0.1) is 4.92 Å². The summed E-state index contributed by atoms with van der Waals surface area (Å²) in [5, 5.41) is 10.9. The Bertz CT molecular complexity index is 835. The topological polar surface area (TPSA) is 81.9 Å². The van der Waals surface area contributed by atoms with E-state index in [-0.39, 0.29) is 18.2 Å². The highest BCUT2D eigenvalue weighted by molar-refractivity contribution is 5.99. The van der Waals surface area contributed by atoms with Crippen LogP contribution in [0.25, 0.3) is 0 Å². The summed E-state index contributed by atoms with van der Waals surface area (Å²) >= 11 is 0. The number of hydrogen-bond acceptors (Lipinski definition) is 5. The summed E-state index contributed by atoms with van der Waals surface area (Å²) in [5.74, 6) is 0.973. The molecule has 2 aromatic carbocycles. The van der Waals surface area contributed by atoms with Crippen LogP contribution >= 0.6 is 0 Å². The Morgan fingerprint density at radius 2 is 2.00 bits per heavy atom. The van der Waals surface area contributed by atoms with Gasteiger partial charge in [-0.2, -0.15) is 0 Å². The van der Waals surface area contributed by atoms with Gasteiger partial charge in [-0.05, 0) is 30.2 Å². The summed E-state index contributed by atoms with van der Waals surface area (Å²) in [7, 11) is 0. The van der Waals surface area contributed by atoms with Gasteiger partial charge in [0, 0.05) is 24.4 Å². The van der Waals surface area contributed by atoms with Crippen LogP contribution in [0.1, 0.15) is 5.56 Å². The SMILES string of the molecule is O=C(C1COc2ccccc2O1)N1CCc2cc([N+](=O)[O-])ccc21. The third kappa shape index (κ3) is 2.34. The molecule has 0 radical (unpaired) electrons. The zero-order chi connectivity index (χ0) is 16.7. The Morgan fingerprint density at radius 1 is 1.21 bits per heavy atom. The Kier molecular flexibility index (Phi) is 3.34. The molecule has 2 aromatic rings. The number of non-ortho nitro benzene ring substituents is 1. The first-order chi connectivity index (χ1) is 11.6. The van der Waals surface area contributed by atoms with E-state index in [1.54, 1.807) is 23.1 Å². The van der Waals surface area contributed by atoms with E-state index in [0.29, 0.717) is 30.2 Å². The number of para-hydroxylation sites is 2. The number of carbonyl (C=O) groups is 1. The predicted molar refractivity (Wildman–Crippen MR) is 85.5 cm³/mol. The summed E-state index contributed by atoms with van der Waals surface area (Å²) in [6.07, 6.45) is -0.131. The second-order valence-corrected chi connectivity index (χ2v) is 5.67. The summed E-state index contributed by atoms with van der Waals surface area (Å²) in [6.45, 7) is 0.630. The van der Waals surface area contributed by atoms with Crippen LogP contribution in [0.2, 0.25) is 0 Å². The van der Waals surface area contributed by atoms with Gasteiger partial charge in [0.2, 0.25) is 6.10 Å². The molecule has 0 fully saturated rings. The normalized spacial score (nSPS) is 18.2. The first kappa shape index (κ1) is 14.5. The lowest BCUT2D eigenvalue weighted by Crippen LogP contribution is -2.46. The second kappa shape index (κ2) is 5.52. The lowest BCUT2D eigenvalue weighted by Gasteiger charge is -2.29. The molecule has 1 atom stereocenters. The van der Waals surface area contributed by atoms with Crippen LogP contribution in [0.4, 0.5) is 11.4 Å². The highest BCUT2D eigenvalue weighted by Crippen LogP contribution is 2.34. The second-order valence-electron chi connectivity index (χ2n) is 5.67. The molecule has 2 heterocycles. The smallest absolute Gasteiger partial charge is 0.271 e. The van der Waals surface area contributed by atoms with E-state index in [2.05, 4.69) is 0 Å². The molecule has 24 heavy (non-hydrogen) atoms. The fraction of sp³-hybridized carbons (Fsp3) is 0.235. The van der Waals surface area contributed by atoms with Crippen LogP contribution < -0.4 is 14.4 Å². The van der Waals surface area contributed by atoms with E-state index in [1.165, 1.54) is 12.1 Å². The van der Waals surface area contributed by atoms with Crippen LogP contribution in [0.5, 0.6) is 11.5 Å². The summed E-state index contributed by atoms with van der Waals surface area (Å²) in [6, 6.07) is 11.8. The first-order valence-electron chi connectivity index (χ1n) is 7.60. The Morgan fingerprint density at radius 3 is 2.79 bits per heavy atom. The molecule has 7 heteroatoms. The minimum atomic E-state index is -0.721. The van der Waals surface area contributed by atoms with Gasteiger partial charge in [-0.15, -0.1) is 0 Å². The van der Waals surface area contributed by atoms with Crippen molar-refractivity contribution in [1.82, 2.24) is 0 Å². The molecule has 0 saturated carbocycles. The molecule has 4 rings (SSSR count). The Hall–Kier alpha value is -3.09. The van der Waals surface area contributed by atoms with Crippen molar-refractivity contribution in [2.45, 2.75) is 12.5 Å². The van der Waals surface area contributed by atoms with Gasteiger partial charge < -0.3 is 14.4 Å². The van der Waals surface area contributed by atoms with E-state index in [1.807, 2.05) is 12.1 Å². The van der Waals surface area contributed by atoms with Crippen molar-refractivity contribution < 1.29 is 19.2 Å². The molecule has 0 saturated heterocycles. The standard InChI is InChI=1S/C17H14N2O5/c20-17(16-10-23-14-3-1-2-4-15(14)24-16)18-8-7-11-9-12(19(21)22)5-6-13(11)18/h1-6,9,16H,7-8,10H2. The van der Waals surface area contributed by atoms with Gasteiger partial charge in [0.25, 0.3) is 11.6 Å². The van der Waals surface area contributed by atoms with Crippen LogP contribution in [-0.2, 0) is 11.2 Å². The first-order valence-corrected chi connectivity index (χ1v) is 7.60.